The van der Waals surface area contributed by atoms with Crippen molar-refractivity contribution in [1.29, 1.82) is 0 Å². The largest absolute Gasteiger partial charge is 0.496 e. The molecule has 0 spiro atoms. The summed E-state index contributed by atoms with van der Waals surface area (Å²) in [5, 5.41) is 0.756. The third-order valence-corrected chi connectivity index (χ3v) is 5.38. The van der Waals surface area contributed by atoms with Crippen LogP contribution in [0.5, 0.6) is 5.75 Å². The Morgan fingerprint density at radius 3 is 2.58 bits per heavy atom. The van der Waals surface area contributed by atoms with E-state index in [9.17, 15) is 8.42 Å². The lowest BCUT2D eigenvalue weighted by atomic mass is 10.1. The van der Waals surface area contributed by atoms with Gasteiger partial charge in [-0.3, -0.25) is 9.71 Å². The molecule has 3 rings (SSSR count). The number of benzene rings is 2. The molecule has 0 aliphatic heterocycles. The number of hydrogen-bond donors (Lipinski definition) is 1. The summed E-state index contributed by atoms with van der Waals surface area (Å²) in [6.45, 7) is 3.57. The van der Waals surface area contributed by atoms with E-state index in [0.717, 1.165) is 16.5 Å². The summed E-state index contributed by atoms with van der Waals surface area (Å²) in [6.07, 6.45) is 1.68. The van der Waals surface area contributed by atoms with E-state index in [1.807, 2.05) is 19.1 Å². The molecule has 0 aliphatic carbocycles. The van der Waals surface area contributed by atoms with Crippen molar-refractivity contribution in [1.82, 2.24) is 4.98 Å². The summed E-state index contributed by atoms with van der Waals surface area (Å²) >= 11 is 0. The number of sulfonamides is 1. The van der Waals surface area contributed by atoms with E-state index in [-0.39, 0.29) is 4.90 Å². The van der Waals surface area contributed by atoms with E-state index in [0.29, 0.717) is 17.0 Å². The van der Waals surface area contributed by atoms with Crippen molar-refractivity contribution in [3.05, 3.63) is 59.8 Å². The Labute approximate surface area is 141 Å². The second-order valence-electron chi connectivity index (χ2n) is 5.57. The molecular formula is C18H18N2O3S. The first kappa shape index (κ1) is 16.3. The van der Waals surface area contributed by atoms with Gasteiger partial charge < -0.3 is 4.74 Å². The Morgan fingerprint density at radius 2 is 1.83 bits per heavy atom. The molecule has 3 aromatic rings. The summed E-state index contributed by atoms with van der Waals surface area (Å²) in [6, 6.07) is 12.3. The molecule has 2 aromatic carbocycles. The van der Waals surface area contributed by atoms with Gasteiger partial charge in [-0.05, 0) is 61.4 Å². The first-order valence-corrected chi connectivity index (χ1v) is 8.92. The van der Waals surface area contributed by atoms with Crippen LogP contribution in [0.3, 0.4) is 0 Å². The van der Waals surface area contributed by atoms with Crippen molar-refractivity contribution in [3.8, 4) is 5.75 Å². The number of hydrogen-bond acceptors (Lipinski definition) is 4. The van der Waals surface area contributed by atoms with E-state index < -0.39 is 10.0 Å². The van der Waals surface area contributed by atoms with Gasteiger partial charge in [0, 0.05) is 11.6 Å². The van der Waals surface area contributed by atoms with E-state index in [2.05, 4.69) is 9.71 Å². The Balaban J connectivity index is 2.07. The highest BCUT2D eigenvalue weighted by atomic mass is 32.2. The normalized spacial score (nSPS) is 11.5. The minimum absolute atomic E-state index is 0.238. The Kier molecular flexibility index (Phi) is 4.15. The minimum atomic E-state index is -3.72. The molecule has 1 N–H and O–H groups in total. The van der Waals surface area contributed by atoms with Crippen LogP contribution >= 0.6 is 0 Å². The number of aryl methyl sites for hydroxylation is 2. The van der Waals surface area contributed by atoms with Gasteiger partial charge in [0.1, 0.15) is 5.75 Å². The van der Waals surface area contributed by atoms with Crippen LogP contribution in [-0.2, 0) is 10.0 Å². The maximum atomic E-state index is 12.8. The third kappa shape index (κ3) is 2.92. The number of nitrogens with one attached hydrogen (secondary N) is 1. The monoisotopic (exact) mass is 342 g/mol. The van der Waals surface area contributed by atoms with Crippen molar-refractivity contribution in [3.63, 3.8) is 0 Å². The van der Waals surface area contributed by atoms with Crippen molar-refractivity contribution in [2.75, 3.05) is 11.8 Å². The maximum absolute atomic E-state index is 12.8. The lowest BCUT2D eigenvalue weighted by molar-refractivity contribution is 0.411. The fourth-order valence-corrected chi connectivity index (χ4v) is 4.06. The second kappa shape index (κ2) is 6.13. The van der Waals surface area contributed by atoms with Gasteiger partial charge in [0.15, 0.2) is 0 Å². The molecule has 0 amide bonds. The standard InChI is InChI=1S/C18H18N2O3S/c1-12-11-18(13(2)10-17(12)23-3)24(21,22)20-16-8-4-7-15-14(16)6-5-9-19-15/h4-11,20H,1-3H3. The molecule has 24 heavy (non-hydrogen) atoms. The van der Waals surface area contributed by atoms with E-state index >= 15 is 0 Å². The maximum Gasteiger partial charge on any atom is 0.262 e. The number of aromatic nitrogens is 1. The van der Waals surface area contributed by atoms with Crippen LogP contribution in [0.15, 0.2) is 53.6 Å². The summed E-state index contributed by atoms with van der Waals surface area (Å²) < 4.78 is 33.6. The number of anilines is 1. The molecule has 0 saturated heterocycles. The molecule has 0 fully saturated rings. The number of pyridine rings is 1. The van der Waals surface area contributed by atoms with Gasteiger partial charge in [-0.15, -0.1) is 0 Å². The highest BCUT2D eigenvalue weighted by Gasteiger charge is 2.20. The van der Waals surface area contributed by atoms with Gasteiger partial charge in [-0.2, -0.15) is 0 Å². The van der Waals surface area contributed by atoms with Crippen LogP contribution in [0.4, 0.5) is 5.69 Å². The molecule has 5 nitrogen and oxygen atoms in total. The van der Waals surface area contributed by atoms with Crippen LogP contribution in [0.1, 0.15) is 11.1 Å². The van der Waals surface area contributed by atoms with Crippen LogP contribution < -0.4 is 9.46 Å². The van der Waals surface area contributed by atoms with Gasteiger partial charge >= 0.3 is 0 Å². The lowest BCUT2D eigenvalue weighted by Crippen LogP contribution is -2.15. The molecule has 6 heteroatoms. The molecule has 1 aromatic heterocycles. The first-order chi connectivity index (χ1) is 11.4. The smallest absolute Gasteiger partial charge is 0.262 e. The molecule has 1 heterocycles. The van der Waals surface area contributed by atoms with E-state index in [4.69, 9.17) is 4.74 Å². The average Bonchev–Trinajstić information content (AvgIpc) is 2.56. The quantitative estimate of drug-likeness (QED) is 0.785. The highest BCUT2D eigenvalue weighted by molar-refractivity contribution is 7.92. The predicted molar refractivity (Wildman–Crippen MR) is 95.0 cm³/mol. The van der Waals surface area contributed by atoms with Gasteiger partial charge in [0.2, 0.25) is 0 Å². The average molecular weight is 342 g/mol. The van der Waals surface area contributed by atoms with Crippen molar-refractivity contribution in [2.24, 2.45) is 0 Å². The summed E-state index contributed by atoms with van der Waals surface area (Å²) in [4.78, 5) is 4.49. The fourth-order valence-electron chi connectivity index (χ4n) is 2.66. The van der Waals surface area contributed by atoms with Gasteiger partial charge in [-0.25, -0.2) is 8.42 Å². The second-order valence-corrected chi connectivity index (χ2v) is 7.22. The number of methoxy groups -OCH3 is 1. The van der Waals surface area contributed by atoms with Crippen molar-refractivity contribution < 1.29 is 13.2 Å². The van der Waals surface area contributed by atoms with Gasteiger partial charge in [0.25, 0.3) is 10.0 Å². The highest BCUT2D eigenvalue weighted by Crippen LogP contribution is 2.29. The predicted octanol–water partition coefficient (Wildman–Crippen LogP) is 3.66. The molecule has 0 bridgehead atoms. The molecule has 0 atom stereocenters. The zero-order chi connectivity index (χ0) is 17.3. The van der Waals surface area contributed by atoms with E-state index in [1.165, 1.54) is 0 Å². The molecule has 0 radical (unpaired) electrons. The van der Waals surface area contributed by atoms with Crippen molar-refractivity contribution in [2.45, 2.75) is 18.7 Å². The van der Waals surface area contributed by atoms with Crippen molar-refractivity contribution >= 4 is 26.6 Å². The molecule has 0 saturated carbocycles. The van der Waals surface area contributed by atoms with Gasteiger partial charge in [0.05, 0.1) is 23.2 Å². The third-order valence-electron chi connectivity index (χ3n) is 3.87. The first-order valence-electron chi connectivity index (χ1n) is 7.44. The number of nitrogens with zero attached hydrogens (tertiary/aromatic N) is 1. The minimum Gasteiger partial charge on any atom is -0.496 e. The Hall–Kier alpha value is -2.60. The summed E-state index contributed by atoms with van der Waals surface area (Å²) in [5.74, 6) is 0.667. The number of ether oxygens (including phenoxy) is 1. The fraction of sp³-hybridized carbons (Fsp3) is 0.167. The Bertz CT molecular complexity index is 1010. The topological polar surface area (TPSA) is 68.3 Å². The van der Waals surface area contributed by atoms with Crippen LogP contribution in [0.25, 0.3) is 10.9 Å². The van der Waals surface area contributed by atoms with Gasteiger partial charge in [-0.1, -0.05) is 6.07 Å². The summed E-state index contributed by atoms with van der Waals surface area (Å²) in [5.41, 5.74) is 2.64. The number of rotatable bonds is 4. The molecular weight excluding hydrogens is 324 g/mol. The molecule has 124 valence electrons. The Morgan fingerprint density at radius 1 is 1.04 bits per heavy atom. The van der Waals surface area contributed by atoms with E-state index in [1.54, 1.807) is 50.6 Å². The lowest BCUT2D eigenvalue weighted by Gasteiger charge is -2.14. The molecule has 0 aliphatic rings. The SMILES string of the molecule is COc1cc(C)c(S(=O)(=O)Nc2cccc3ncccc23)cc1C. The zero-order valence-electron chi connectivity index (χ0n) is 13.7. The number of fused-ring (bicyclic) bond motifs is 1. The molecule has 0 unspecified atom stereocenters. The summed E-state index contributed by atoms with van der Waals surface area (Å²) in [7, 11) is -2.15. The van der Waals surface area contributed by atoms with Crippen LogP contribution in [0.2, 0.25) is 0 Å². The van der Waals surface area contributed by atoms with Crippen LogP contribution in [-0.4, -0.2) is 20.5 Å². The van der Waals surface area contributed by atoms with Crippen LogP contribution in [0, 0.1) is 13.8 Å². The zero-order valence-corrected chi connectivity index (χ0v) is 14.5.